The number of fused-ring (bicyclic) bond motifs is 1. The highest BCUT2D eigenvalue weighted by atomic mass is 16.5. The Hall–Kier alpha value is -6.01. The fraction of sp³-hybridized carbons (Fsp3) is 0.139. The van der Waals surface area contributed by atoms with E-state index in [2.05, 4.69) is 16.5 Å². The van der Waals surface area contributed by atoms with E-state index < -0.39 is 17.8 Å². The molecular weight excluding hydrogens is 566 g/mol. The van der Waals surface area contributed by atoms with E-state index in [-0.39, 0.29) is 12.3 Å². The monoisotopic (exact) mass is 595 g/mol. The molecule has 0 aliphatic heterocycles. The number of amides is 1. The minimum absolute atomic E-state index is 0.199. The first-order valence-electron chi connectivity index (χ1n) is 14.5. The van der Waals surface area contributed by atoms with Gasteiger partial charge in [0.1, 0.15) is 18.3 Å². The average Bonchev–Trinajstić information content (AvgIpc) is 3.70. The van der Waals surface area contributed by atoms with Crippen molar-refractivity contribution in [3.8, 4) is 17.2 Å². The Morgan fingerprint density at radius 3 is 2.20 bits per heavy atom. The lowest BCUT2D eigenvalue weighted by Gasteiger charge is -2.18. The summed E-state index contributed by atoms with van der Waals surface area (Å²) in [6.07, 6.45) is 1.97. The third-order valence-corrected chi connectivity index (χ3v) is 7.57. The number of nitrogens with one attached hydrogen (secondary N) is 1. The van der Waals surface area contributed by atoms with Gasteiger partial charge in [0.15, 0.2) is 5.58 Å². The second kappa shape index (κ2) is 13.1. The summed E-state index contributed by atoms with van der Waals surface area (Å²) >= 11 is 0. The Labute approximate surface area is 259 Å². The number of carbonyl (C=O) groups excluding carboxylic acids is 1. The molecule has 6 aromatic rings. The van der Waals surface area contributed by atoms with E-state index in [0.29, 0.717) is 28.9 Å². The molecule has 9 nitrogen and oxygen atoms in total. The minimum atomic E-state index is -0.863. The summed E-state index contributed by atoms with van der Waals surface area (Å²) < 4.78 is 11.7. The van der Waals surface area contributed by atoms with E-state index >= 15 is 0 Å². The lowest BCUT2D eigenvalue weighted by atomic mass is 10.00. The van der Waals surface area contributed by atoms with Crippen LogP contribution in [0.15, 0.2) is 134 Å². The zero-order chi connectivity index (χ0) is 31.2. The highest BCUT2D eigenvalue weighted by Crippen LogP contribution is 2.25. The molecule has 4 aromatic carbocycles. The van der Waals surface area contributed by atoms with E-state index in [1.165, 1.54) is 10.8 Å². The molecule has 0 saturated heterocycles. The number of rotatable bonds is 10. The van der Waals surface area contributed by atoms with Gasteiger partial charge in [-0.15, -0.1) is 0 Å². The molecule has 0 bridgehead atoms. The number of nitrogens with zero attached hydrogens (tertiary/aromatic N) is 4. The molecule has 0 aliphatic rings. The Morgan fingerprint density at radius 1 is 0.911 bits per heavy atom. The van der Waals surface area contributed by atoms with Crippen LogP contribution in [0.3, 0.4) is 0 Å². The van der Waals surface area contributed by atoms with Crippen molar-refractivity contribution >= 4 is 22.7 Å². The Morgan fingerprint density at radius 2 is 1.58 bits per heavy atom. The lowest BCUT2D eigenvalue weighted by molar-refractivity contribution is -0.122. The van der Waals surface area contributed by atoms with Crippen LogP contribution in [-0.2, 0) is 24.7 Å². The van der Waals surface area contributed by atoms with Crippen molar-refractivity contribution in [3.05, 3.63) is 148 Å². The number of aliphatic imine (C=N–C) groups is 1. The van der Waals surface area contributed by atoms with Gasteiger partial charge in [0.05, 0.1) is 23.0 Å². The van der Waals surface area contributed by atoms with Crippen LogP contribution < -0.4 is 11.1 Å². The fourth-order valence-corrected chi connectivity index (χ4v) is 5.17. The molecular formula is C36H29N5O4. The Kier molecular flexibility index (Phi) is 8.47. The van der Waals surface area contributed by atoms with Crippen LogP contribution in [0.25, 0.3) is 22.2 Å². The molecule has 1 amide bonds. The number of hydrogen-bond donors (Lipinski definition) is 1. The summed E-state index contributed by atoms with van der Waals surface area (Å²) in [7, 11) is 1.67. The van der Waals surface area contributed by atoms with Crippen LogP contribution in [-0.4, -0.2) is 33.4 Å². The van der Waals surface area contributed by atoms with Gasteiger partial charge in [-0.05, 0) is 28.8 Å². The van der Waals surface area contributed by atoms with Crippen molar-refractivity contribution in [2.24, 2.45) is 12.0 Å². The summed E-state index contributed by atoms with van der Waals surface area (Å²) in [5, 5.41) is 16.9. The van der Waals surface area contributed by atoms with Gasteiger partial charge in [-0.1, -0.05) is 96.2 Å². The first-order valence-corrected chi connectivity index (χ1v) is 14.5. The molecule has 2 aromatic heterocycles. The number of benzene rings is 4. The van der Waals surface area contributed by atoms with Crippen molar-refractivity contribution in [3.63, 3.8) is 0 Å². The first kappa shape index (κ1) is 29.1. The van der Waals surface area contributed by atoms with Gasteiger partial charge < -0.3 is 14.3 Å². The van der Waals surface area contributed by atoms with Gasteiger partial charge in [0.25, 0.3) is 0 Å². The maximum absolute atomic E-state index is 13.7. The number of nitriles is 1. The van der Waals surface area contributed by atoms with Gasteiger partial charge in [-0.2, -0.15) is 5.26 Å². The lowest BCUT2D eigenvalue weighted by Crippen LogP contribution is -2.42. The van der Waals surface area contributed by atoms with Crippen molar-refractivity contribution in [2.75, 3.05) is 0 Å². The molecule has 2 atom stereocenters. The maximum atomic E-state index is 13.7. The molecule has 0 aliphatic carbocycles. The van der Waals surface area contributed by atoms with Gasteiger partial charge >= 0.3 is 5.76 Å². The number of hydrogen-bond acceptors (Lipinski definition) is 7. The Balaban J connectivity index is 1.23. The summed E-state index contributed by atoms with van der Waals surface area (Å²) in [6.45, 7) is 0. The average molecular weight is 596 g/mol. The van der Waals surface area contributed by atoms with E-state index in [4.69, 9.17) is 13.9 Å². The molecule has 1 N–H and O–H groups in total. The van der Waals surface area contributed by atoms with E-state index in [1.54, 1.807) is 19.2 Å². The standard InChI is InChI=1S/C36H29N5O4/c1-41-32-21-28(16-17-33(32)45-36(41)43)25-14-12-24(13-15-25)20-30(23-37)38-35(42)31(22-29-18-19-44-40-29)39-34(26-8-4-2-5-9-26)27-10-6-3-7-11-27/h2-19,21,30-31H,20,22H2,1H3,(H,38,42)/t30-,31?/m0/s1. The van der Waals surface area contributed by atoms with E-state index in [1.807, 2.05) is 97.1 Å². The Bertz CT molecular complexity index is 2000. The van der Waals surface area contributed by atoms with Gasteiger partial charge in [0, 0.05) is 37.1 Å². The van der Waals surface area contributed by atoms with Crippen molar-refractivity contribution in [1.29, 1.82) is 5.26 Å². The summed E-state index contributed by atoms with van der Waals surface area (Å²) in [5.41, 5.74) is 6.98. The largest absolute Gasteiger partial charge is 0.419 e. The third kappa shape index (κ3) is 6.65. The van der Waals surface area contributed by atoms with Gasteiger partial charge in [-0.25, -0.2) is 4.79 Å². The maximum Gasteiger partial charge on any atom is 0.419 e. The number of carbonyl (C=O) groups is 1. The van der Waals surface area contributed by atoms with Gasteiger partial charge in [0.2, 0.25) is 5.91 Å². The molecule has 9 heteroatoms. The molecule has 0 radical (unpaired) electrons. The van der Waals surface area contributed by atoms with Crippen LogP contribution in [0.5, 0.6) is 0 Å². The summed E-state index contributed by atoms with van der Waals surface area (Å²) in [6, 6.07) is 35.0. The summed E-state index contributed by atoms with van der Waals surface area (Å²) in [4.78, 5) is 30.6. The van der Waals surface area contributed by atoms with Gasteiger partial charge in [-0.3, -0.25) is 14.4 Å². The molecule has 45 heavy (non-hydrogen) atoms. The molecule has 2 heterocycles. The van der Waals surface area contributed by atoms with Crippen LogP contribution in [0, 0.1) is 11.3 Å². The topological polar surface area (TPSA) is 126 Å². The molecule has 222 valence electrons. The molecule has 0 spiro atoms. The van der Waals surface area contributed by atoms with Crippen LogP contribution >= 0.6 is 0 Å². The van der Waals surface area contributed by atoms with Crippen molar-refractivity contribution in [1.82, 2.24) is 15.0 Å². The smallest absolute Gasteiger partial charge is 0.408 e. The quantitative estimate of drug-likeness (QED) is 0.209. The predicted octanol–water partition coefficient (Wildman–Crippen LogP) is 5.49. The SMILES string of the molecule is Cn1c(=O)oc2ccc(-c3ccc(C[C@@H](C#N)NC(=O)C(Cc4ccon4)N=C(c4ccccc4)c4ccccc4)cc3)cc21. The van der Waals surface area contributed by atoms with Crippen LogP contribution in [0.2, 0.25) is 0 Å². The van der Waals surface area contributed by atoms with E-state index in [0.717, 1.165) is 27.8 Å². The number of oxazole rings is 1. The highest BCUT2D eigenvalue weighted by molar-refractivity contribution is 6.13. The first-order chi connectivity index (χ1) is 22.0. The van der Waals surface area contributed by atoms with Crippen LogP contribution in [0.4, 0.5) is 0 Å². The second-order valence-corrected chi connectivity index (χ2v) is 10.6. The second-order valence-electron chi connectivity index (χ2n) is 10.6. The molecule has 6 rings (SSSR count). The minimum Gasteiger partial charge on any atom is -0.408 e. The number of aryl methyl sites for hydroxylation is 1. The zero-order valence-corrected chi connectivity index (χ0v) is 24.5. The normalized spacial score (nSPS) is 12.3. The van der Waals surface area contributed by atoms with Crippen molar-refractivity contribution in [2.45, 2.75) is 24.9 Å². The van der Waals surface area contributed by atoms with Crippen molar-refractivity contribution < 1.29 is 13.7 Å². The number of aromatic nitrogens is 2. The molecule has 1 unspecified atom stereocenters. The van der Waals surface area contributed by atoms with Crippen LogP contribution in [0.1, 0.15) is 22.4 Å². The zero-order valence-electron chi connectivity index (χ0n) is 24.5. The fourth-order valence-electron chi connectivity index (χ4n) is 5.17. The highest BCUT2D eigenvalue weighted by Gasteiger charge is 2.24. The predicted molar refractivity (Wildman–Crippen MR) is 171 cm³/mol. The van der Waals surface area contributed by atoms with E-state index in [9.17, 15) is 14.9 Å². The summed E-state index contributed by atoms with van der Waals surface area (Å²) in [5.74, 6) is -0.794. The molecule has 0 saturated carbocycles. The molecule has 0 fully saturated rings. The third-order valence-electron chi connectivity index (χ3n) is 7.57.